The van der Waals surface area contributed by atoms with Crippen molar-refractivity contribution in [2.24, 2.45) is 0 Å². The fraction of sp³-hybridized carbons (Fsp3) is 0.0714. The Hall–Kier alpha value is -2.89. The second kappa shape index (κ2) is 3.80. The van der Waals surface area contributed by atoms with Crippen LogP contribution in [0.3, 0.4) is 0 Å². The lowest BCUT2D eigenvalue weighted by molar-refractivity contribution is 0.978. The van der Waals surface area contributed by atoms with Crippen molar-refractivity contribution < 1.29 is 0 Å². The van der Waals surface area contributed by atoms with Gasteiger partial charge in [-0.3, -0.25) is 4.57 Å². The molecule has 0 saturated heterocycles. The molecule has 3 heterocycles. The molecule has 0 aliphatic carbocycles. The van der Waals surface area contributed by atoms with Crippen molar-refractivity contribution in [1.29, 1.82) is 0 Å². The Labute approximate surface area is 114 Å². The van der Waals surface area contributed by atoms with Crippen LogP contribution >= 0.6 is 0 Å². The highest BCUT2D eigenvalue weighted by Gasteiger charge is 2.16. The second-order valence-electron chi connectivity index (χ2n) is 4.71. The molecule has 0 aliphatic heterocycles. The summed E-state index contributed by atoms with van der Waals surface area (Å²) in [6.45, 7) is 2.03. The average molecular weight is 264 g/mol. The summed E-state index contributed by atoms with van der Waals surface area (Å²) in [4.78, 5) is 8.75. The highest BCUT2D eigenvalue weighted by Crippen LogP contribution is 2.26. The number of aromatic nitrogens is 5. The third kappa shape index (κ3) is 1.36. The van der Waals surface area contributed by atoms with Crippen molar-refractivity contribution in [3.63, 3.8) is 0 Å². The van der Waals surface area contributed by atoms with E-state index in [1.54, 1.807) is 10.7 Å². The van der Waals surface area contributed by atoms with Crippen LogP contribution in [0.2, 0.25) is 0 Å². The molecule has 6 heteroatoms. The van der Waals surface area contributed by atoms with Gasteiger partial charge in [0.25, 0.3) is 0 Å². The molecule has 0 atom stereocenters. The minimum absolute atomic E-state index is 0.671. The summed E-state index contributed by atoms with van der Waals surface area (Å²) in [5.41, 5.74) is 9.68. The van der Waals surface area contributed by atoms with E-state index in [-0.39, 0.29) is 0 Å². The maximum absolute atomic E-state index is 6.08. The Morgan fingerprint density at radius 1 is 1.15 bits per heavy atom. The molecule has 4 rings (SSSR count). The molecule has 98 valence electrons. The molecule has 0 fully saturated rings. The summed E-state index contributed by atoms with van der Waals surface area (Å²) in [5, 5.41) is 4.25. The van der Waals surface area contributed by atoms with E-state index in [9.17, 15) is 0 Å². The van der Waals surface area contributed by atoms with Gasteiger partial charge in [0, 0.05) is 6.20 Å². The number of nitrogen functional groups attached to an aromatic ring is 1. The molecule has 0 unspecified atom stereocenters. The van der Waals surface area contributed by atoms with E-state index < -0.39 is 0 Å². The number of imidazole rings is 1. The van der Waals surface area contributed by atoms with Gasteiger partial charge in [-0.15, -0.1) is 0 Å². The van der Waals surface area contributed by atoms with Crippen LogP contribution in [0.25, 0.3) is 22.6 Å². The molecule has 0 bridgehead atoms. The van der Waals surface area contributed by atoms with Crippen LogP contribution in [0, 0.1) is 6.92 Å². The van der Waals surface area contributed by atoms with Gasteiger partial charge in [-0.25, -0.2) is 4.98 Å². The lowest BCUT2D eigenvalue weighted by Crippen LogP contribution is -1.98. The molecule has 0 spiro atoms. The predicted octanol–water partition coefficient (Wildman–Crippen LogP) is 1.96. The second-order valence-corrected chi connectivity index (χ2v) is 4.71. The highest BCUT2D eigenvalue weighted by molar-refractivity contribution is 5.91. The van der Waals surface area contributed by atoms with E-state index in [1.165, 1.54) is 6.33 Å². The number of pyridine rings is 1. The number of benzene rings is 1. The fourth-order valence-corrected chi connectivity index (χ4v) is 2.48. The van der Waals surface area contributed by atoms with Crippen molar-refractivity contribution in [1.82, 2.24) is 24.1 Å². The normalized spacial score (nSPS) is 11.4. The molecule has 2 N–H and O–H groups in total. The number of hydrogen-bond acceptors (Lipinski definition) is 4. The first kappa shape index (κ1) is 11.0. The van der Waals surface area contributed by atoms with Crippen LogP contribution in [0.1, 0.15) is 5.56 Å². The van der Waals surface area contributed by atoms with Gasteiger partial charge in [-0.2, -0.15) is 14.6 Å². The molecule has 4 aromatic rings. The molecule has 0 aliphatic rings. The number of anilines is 1. The lowest BCUT2D eigenvalue weighted by atomic mass is 10.2. The first-order chi connectivity index (χ1) is 9.75. The van der Waals surface area contributed by atoms with Crippen LogP contribution in [-0.4, -0.2) is 24.1 Å². The largest absolute Gasteiger partial charge is 0.397 e. The molecular formula is C14H12N6. The molecule has 1 aromatic carbocycles. The smallest absolute Gasteiger partial charge is 0.239 e. The number of nitrogens with two attached hydrogens (primary N) is 1. The topological polar surface area (TPSA) is 74.0 Å². The number of hydrogen-bond donors (Lipinski definition) is 1. The third-order valence-corrected chi connectivity index (χ3v) is 3.36. The zero-order chi connectivity index (χ0) is 13.7. The van der Waals surface area contributed by atoms with Gasteiger partial charge in [0.05, 0.1) is 11.2 Å². The van der Waals surface area contributed by atoms with Gasteiger partial charge >= 0.3 is 0 Å². The van der Waals surface area contributed by atoms with E-state index in [4.69, 9.17) is 5.73 Å². The van der Waals surface area contributed by atoms with Crippen LogP contribution in [-0.2, 0) is 0 Å². The summed E-state index contributed by atoms with van der Waals surface area (Å²) in [6, 6.07) is 9.74. The first-order valence-electron chi connectivity index (χ1n) is 6.27. The molecule has 3 aromatic heterocycles. The zero-order valence-electron chi connectivity index (χ0n) is 10.9. The number of fused-ring (bicyclic) bond motifs is 3. The van der Waals surface area contributed by atoms with Crippen molar-refractivity contribution in [3.05, 3.63) is 48.4 Å². The third-order valence-electron chi connectivity index (χ3n) is 3.36. The van der Waals surface area contributed by atoms with Gasteiger partial charge in [-0.05, 0) is 36.8 Å². The van der Waals surface area contributed by atoms with Gasteiger partial charge in [0.2, 0.25) is 5.78 Å². The van der Waals surface area contributed by atoms with Crippen molar-refractivity contribution in [2.75, 3.05) is 5.73 Å². The Morgan fingerprint density at radius 2 is 2.05 bits per heavy atom. The monoisotopic (exact) mass is 264 g/mol. The maximum atomic E-state index is 6.08. The number of aryl methyl sites for hydroxylation is 1. The van der Waals surface area contributed by atoms with E-state index in [0.29, 0.717) is 11.5 Å². The Morgan fingerprint density at radius 3 is 2.90 bits per heavy atom. The quantitative estimate of drug-likeness (QED) is 0.533. The highest BCUT2D eigenvalue weighted by atomic mass is 15.4. The predicted molar refractivity (Wildman–Crippen MR) is 76.8 cm³/mol. The van der Waals surface area contributed by atoms with Gasteiger partial charge < -0.3 is 5.73 Å². The summed E-state index contributed by atoms with van der Waals surface area (Å²) in [6.07, 6.45) is 3.31. The summed E-state index contributed by atoms with van der Waals surface area (Å²) in [7, 11) is 0. The fourth-order valence-electron chi connectivity index (χ4n) is 2.48. The molecule has 0 radical (unpaired) electrons. The van der Waals surface area contributed by atoms with Gasteiger partial charge in [-0.1, -0.05) is 6.07 Å². The molecule has 0 amide bonds. The molecular weight excluding hydrogens is 252 g/mol. The van der Waals surface area contributed by atoms with Crippen LogP contribution < -0.4 is 5.73 Å². The number of nitrogens with zero attached hydrogens (tertiary/aromatic N) is 5. The van der Waals surface area contributed by atoms with E-state index in [1.807, 2.05) is 41.8 Å². The van der Waals surface area contributed by atoms with Crippen LogP contribution in [0.4, 0.5) is 5.69 Å². The minimum atomic E-state index is 0.671. The van der Waals surface area contributed by atoms with E-state index in [0.717, 1.165) is 22.4 Å². The lowest BCUT2D eigenvalue weighted by Gasteiger charge is -2.04. The zero-order valence-corrected chi connectivity index (χ0v) is 10.9. The Bertz CT molecular complexity index is 933. The van der Waals surface area contributed by atoms with E-state index >= 15 is 0 Å². The Kier molecular flexibility index (Phi) is 2.09. The SMILES string of the molecule is Cc1ccnc(-n2c3cccc(N)c3n3ncnc23)c1. The van der Waals surface area contributed by atoms with Crippen molar-refractivity contribution in [3.8, 4) is 5.82 Å². The molecule has 0 saturated carbocycles. The summed E-state index contributed by atoms with van der Waals surface area (Å²) >= 11 is 0. The number of rotatable bonds is 1. The van der Waals surface area contributed by atoms with Gasteiger partial charge in [0.15, 0.2) is 0 Å². The molecule has 6 nitrogen and oxygen atoms in total. The van der Waals surface area contributed by atoms with Crippen molar-refractivity contribution in [2.45, 2.75) is 6.92 Å². The van der Waals surface area contributed by atoms with Crippen LogP contribution in [0.15, 0.2) is 42.9 Å². The van der Waals surface area contributed by atoms with Crippen LogP contribution in [0.5, 0.6) is 0 Å². The standard InChI is InChI=1S/C14H12N6/c1-9-5-6-16-12(7-9)19-11-4-2-3-10(15)13(11)20-14(19)17-8-18-20/h2-8H,15H2,1H3. The van der Waals surface area contributed by atoms with Gasteiger partial charge in [0.1, 0.15) is 17.7 Å². The molecule has 20 heavy (non-hydrogen) atoms. The summed E-state index contributed by atoms with van der Waals surface area (Å²) in [5.74, 6) is 1.51. The van der Waals surface area contributed by atoms with E-state index in [2.05, 4.69) is 15.1 Å². The average Bonchev–Trinajstić information content (AvgIpc) is 2.98. The Balaban J connectivity index is 2.21. The number of para-hydroxylation sites is 1. The minimum Gasteiger partial charge on any atom is -0.397 e. The summed E-state index contributed by atoms with van der Waals surface area (Å²) < 4.78 is 3.71. The first-order valence-corrected chi connectivity index (χ1v) is 6.27. The maximum Gasteiger partial charge on any atom is 0.239 e. The van der Waals surface area contributed by atoms with Crippen molar-refractivity contribution >= 4 is 22.5 Å².